The van der Waals surface area contributed by atoms with Crippen molar-refractivity contribution in [2.45, 2.75) is 26.8 Å². The molecule has 8 heteroatoms. The zero-order valence-electron chi connectivity index (χ0n) is 22.1. The minimum Gasteiger partial charge on any atom is -0.507 e. The van der Waals surface area contributed by atoms with Gasteiger partial charge in [-0.25, -0.2) is 0 Å². The topological polar surface area (TPSA) is 79.3 Å². The van der Waals surface area contributed by atoms with E-state index in [1.54, 1.807) is 6.07 Å². The fourth-order valence-corrected chi connectivity index (χ4v) is 5.07. The van der Waals surface area contributed by atoms with Gasteiger partial charge in [0.05, 0.1) is 36.4 Å². The zero-order chi connectivity index (χ0) is 27.6. The fourth-order valence-electron chi connectivity index (χ4n) is 4.84. The third-order valence-electron chi connectivity index (χ3n) is 6.79. The molecule has 0 bridgehead atoms. The van der Waals surface area contributed by atoms with Crippen molar-refractivity contribution in [3.8, 4) is 11.5 Å². The maximum absolute atomic E-state index is 13.5. The minimum atomic E-state index is -0.867. The Labute approximate surface area is 227 Å². The van der Waals surface area contributed by atoms with Crippen LogP contribution in [-0.4, -0.2) is 44.1 Å². The van der Waals surface area contributed by atoms with Crippen LogP contribution >= 0.6 is 11.6 Å². The number of hydrogen-bond acceptors (Lipinski definition) is 6. The van der Waals surface area contributed by atoms with Gasteiger partial charge in [0.2, 0.25) is 0 Å². The van der Waals surface area contributed by atoms with Gasteiger partial charge in [-0.05, 0) is 62.2 Å². The van der Waals surface area contributed by atoms with Gasteiger partial charge in [-0.2, -0.15) is 0 Å². The summed E-state index contributed by atoms with van der Waals surface area (Å²) >= 11 is 6.27. The molecule has 1 unspecified atom stereocenters. The Morgan fingerprint density at radius 2 is 1.63 bits per heavy atom. The van der Waals surface area contributed by atoms with E-state index in [0.717, 1.165) is 24.3 Å². The Kier molecular flexibility index (Phi) is 7.97. The second kappa shape index (κ2) is 11.2. The van der Waals surface area contributed by atoms with Crippen LogP contribution in [0.25, 0.3) is 5.76 Å². The Balaban J connectivity index is 1.96. The predicted molar refractivity (Wildman–Crippen MR) is 151 cm³/mol. The second-order valence-electron chi connectivity index (χ2n) is 8.96. The lowest BCUT2D eigenvalue weighted by atomic mass is 9.94. The average molecular weight is 535 g/mol. The highest BCUT2D eigenvalue weighted by Gasteiger charge is 2.47. The van der Waals surface area contributed by atoms with E-state index in [9.17, 15) is 14.7 Å². The lowest BCUT2D eigenvalue weighted by molar-refractivity contribution is -0.132. The van der Waals surface area contributed by atoms with Crippen LogP contribution in [0.4, 0.5) is 11.4 Å². The maximum Gasteiger partial charge on any atom is 0.300 e. The van der Waals surface area contributed by atoms with Crippen molar-refractivity contribution >= 4 is 40.4 Å². The summed E-state index contributed by atoms with van der Waals surface area (Å²) in [6.07, 6.45) is 0. The van der Waals surface area contributed by atoms with Gasteiger partial charge in [0.25, 0.3) is 11.7 Å². The molecule has 1 aliphatic heterocycles. The van der Waals surface area contributed by atoms with Crippen LogP contribution in [0.15, 0.2) is 66.2 Å². The van der Waals surface area contributed by atoms with Gasteiger partial charge >= 0.3 is 0 Å². The van der Waals surface area contributed by atoms with Crippen LogP contribution < -0.4 is 19.3 Å². The molecule has 0 aliphatic carbocycles. The zero-order valence-corrected chi connectivity index (χ0v) is 22.9. The number of methoxy groups -OCH3 is 2. The van der Waals surface area contributed by atoms with Crippen LogP contribution in [0.1, 0.15) is 36.6 Å². The summed E-state index contributed by atoms with van der Waals surface area (Å²) in [5, 5.41) is 11.9. The van der Waals surface area contributed by atoms with Crippen molar-refractivity contribution in [3.05, 3.63) is 87.9 Å². The molecule has 1 fully saturated rings. The molecule has 1 atom stereocenters. The highest BCUT2D eigenvalue weighted by Crippen LogP contribution is 2.45. The first-order valence-corrected chi connectivity index (χ1v) is 12.8. The Morgan fingerprint density at radius 3 is 2.21 bits per heavy atom. The SMILES string of the molecule is CCN(CC)c1ccc(C2/C(=C(\O)c3cc(OC)c(Cl)cc3OC)C(=O)C(=O)N2c2cccc(C)c2)cc1. The van der Waals surface area contributed by atoms with Crippen molar-refractivity contribution < 1.29 is 24.2 Å². The molecular formula is C30H31ClN2O5. The van der Waals surface area contributed by atoms with E-state index in [1.807, 2.05) is 49.4 Å². The van der Waals surface area contributed by atoms with E-state index in [4.69, 9.17) is 21.1 Å². The van der Waals surface area contributed by atoms with Gasteiger partial charge < -0.3 is 19.5 Å². The van der Waals surface area contributed by atoms with E-state index < -0.39 is 17.7 Å². The van der Waals surface area contributed by atoms with E-state index in [2.05, 4.69) is 18.7 Å². The molecule has 0 saturated carbocycles. The maximum atomic E-state index is 13.5. The normalized spacial score (nSPS) is 16.6. The molecule has 198 valence electrons. The first kappa shape index (κ1) is 27.1. The van der Waals surface area contributed by atoms with Gasteiger partial charge in [-0.1, -0.05) is 35.9 Å². The second-order valence-corrected chi connectivity index (χ2v) is 9.37. The number of amides is 1. The quantitative estimate of drug-likeness (QED) is 0.212. The largest absolute Gasteiger partial charge is 0.507 e. The summed E-state index contributed by atoms with van der Waals surface area (Å²) in [5.41, 5.74) is 3.35. The van der Waals surface area contributed by atoms with Crippen LogP contribution in [0.5, 0.6) is 11.5 Å². The molecule has 1 N–H and O–H groups in total. The molecule has 7 nitrogen and oxygen atoms in total. The molecule has 1 saturated heterocycles. The van der Waals surface area contributed by atoms with Crippen LogP contribution in [0, 0.1) is 6.92 Å². The lowest BCUT2D eigenvalue weighted by Crippen LogP contribution is -2.29. The number of carbonyl (C=O) groups is 2. The molecule has 0 aromatic heterocycles. The number of aliphatic hydroxyl groups is 1. The highest BCUT2D eigenvalue weighted by molar-refractivity contribution is 6.51. The monoisotopic (exact) mass is 534 g/mol. The summed E-state index contributed by atoms with van der Waals surface area (Å²) in [6, 6.07) is 17.2. The summed E-state index contributed by atoms with van der Waals surface area (Å²) in [5.74, 6) is -1.36. The molecular weight excluding hydrogens is 504 g/mol. The summed E-state index contributed by atoms with van der Waals surface area (Å²) in [7, 11) is 2.88. The number of ketones is 1. The molecule has 1 aliphatic rings. The van der Waals surface area contributed by atoms with Crippen LogP contribution in [0.2, 0.25) is 5.02 Å². The van der Waals surface area contributed by atoms with E-state index >= 15 is 0 Å². The molecule has 0 spiro atoms. The van der Waals surface area contributed by atoms with E-state index in [0.29, 0.717) is 17.0 Å². The number of aliphatic hydroxyl groups excluding tert-OH is 1. The third-order valence-corrected chi connectivity index (χ3v) is 7.09. The molecule has 3 aromatic carbocycles. The number of benzene rings is 3. The number of ether oxygens (including phenoxy) is 2. The van der Waals surface area contributed by atoms with Gasteiger partial charge in [0.1, 0.15) is 17.3 Å². The highest BCUT2D eigenvalue weighted by atomic mass is 35.5. The molecule has 4 rings (SSSR count). The van der Waals surface area contributed by atoms with Gasteiger partial charge in [0.15, 0.2) is 0 Å². The number of Topliss-reactive ketones (excluding diaryl/α,β-unsaturated/α-hetero) is 1. The van der Waals surface area contributed by atoms with Crippen molar-refractivity contribution in [1.82, 2.24) is 0 Å². The Hall–Kier alpha value is -3.97. The summed E-state index contributed by atoms with van der Waals surface area (Å²) in [6.45, 7) is 7.76. The number of hydrogen-bond donors (Lipinski definition) is 1. The summed E-state index contributed by atoms with van der Waals surface area (Å²) in [4.78, 5) is 30.7. The average Bonchev–Trinajstić information content (AvgIpc) is 3.19. The molecule has 3 aromatic rings. The Bertz CT molecular complexity index is 1400. The molecule has 0 radical (unpaired) electrons. The van der Waals surface area contributed by atoms with Crippen LogP contribution in [0.3, 0.4) is 0 Å². The molecule has 1 heterocycles. The van der Waals surface area contributed by atoms with Gasteiger partial charge in [0, 0.05) is 30.5 Å². The summed E-state index contributed by atoms with van der Waals surface area (Å²) < 4.78 is 10.8. The number of anilines is 2. The Morgan fingerprint density at radius 1 is 0.974 bits per heavy atom. The third kappa shape index (κ3) is 4.82. The van der Waals surface area contributed by atoms with Crippen molar-refractivity contribution in [3.63, 3.8) is 0 Å². The first-order valence-electron chi connectivity index (χ1n) is 12.4. The number of halogens is 1. The predicted octanol–water partition coefficient (Wildman–Crippen LogP) is 6.14. The van der Waals surface area contributed by atoms with Crippen molar-refractivity contribution in [2.75, 3.05) is 37.1 Å². The standard InChI is InChI=1S/C30H31ClN2O5/c1-6-32(7-2)20-13-11-19(12-14-20)27-26(28(34)22-16-25(38-5)23(31)17-24(22)37-4)29(35)30(36)33(27)21-10-8-9-18(3)15-21/h8-17,27,34H,6-7H2,1-5H3/b28-26+. The minimum absolute atomic E-state index is 0.0465. The van der Waals surface area contributed by atoms with Gasteiger partial charge in [-0.3, -0.25) is 14.5 Å². The molecule has 38 heavy (non-hydrogen) atoms. The number of nitrogens with zero attached hydrogens (tertiary/aromatic N) is 2. The van der Waals surface area contributed by atoms with Crippen molar-refractivity contribution in [2.24, 2.45) is 0 Å². The smallest absolute Gasteiger partial charge is 0.300 e. The lowest BCUT2D eigenvalue weighted by Gasteiger charge is -2.27. The first-order chi connectivity index (χ1) is 18.2. The molecule has 1 amide bonds. The number of rotatable bonds is 8. The van der Waals surface area contributed by atoms with Crippen molar-refractivity contribution in [1.29, 1.82) is 0 Å². The van der Waals surface area contributed by atoms with Crippen LogP contribution in [-0.2, 0) is 9.59 Å². The van der Waals surface area contributed by atoms with E-state index in [1.165, 1.54) is 31.3 Å². The van der Waals surface area contributed by atoms with Gasteiger partial charge in [-0.15, -0.1) is 0 Å². The van der Waals surface area contributed by atoms with E-state index in [-0.39, 0.29) is 27.7 Å². The fraction of sp³-hybridized carbons (Fsp3) is 0.267. The number of aryl methyl sites for hydroxylation is 1. The number of carbonyl (C=O) groups excluding carboxylic acids is 2.